The highest BCUT2D eigenvalue weighted by molar-refractivity contribution is 7.09. The van der Waals surface area contributed by atoms with Crippen molar-refractivity contribution in [2.75, 3.05) is 13.1 Å². The first-order chi connectivity index (χ1) is 11.2. The molecule has 23 heavy (non-hydrogen) atoms. The first kappa shape index (κ1) is 16.4. The fraction of sp³-hybridized carbons (Fsp3) is 0.500. The van der Waals surface area contributed by atoms with Crippen LogP contribution in [0.3, 0.4) is 0 Å². The minimum atomic E-state index is -0.182. The summed E-state index contributed by atoms with van der Waals surface area (Å²) in [7, 11) is 0. The van der Waals surface area contributed by atoms with Gasteiger partial charge in [-0.25, -0.2) is 4.98 Å². The molecule has 0 radical (unpaired) electrons. The van der Waals surface area contributed by atoms with E-state index in [0.717, 1.165) is 48.9 Å². The molecule has 0 amide bonds. The van der Waals surface area contributed by atoms with Gasteiger partial charge in [0.1, 0.15) is 17.4 Å². The summed E-state index contributed by atoms with van der Waals surface area (Å²) in [4.78, 5) is 7.10. The molecule has 124 valence electrons. The van der Waals surface area contributed by atoms with Crippen molar-refractivity contribution in [1.29, 1.82) is 0 Å². The molecule has 1 aromatic heterocycles. The SMILES string of the molecule is CC(O)C1CCN(Cc2csc(COc3ccccc3)n2)CC1. The van der Waals surface area contributed by atoms with Gasteiger partial charge in [0, 0.05) is 11.9 Å². The van der Waals surface area contributed by atoms with Crippen LogP contribution in [-0.2, 0) is 13.2 Å². The number of para-hydroxylation sites is 1. The number of thiazole rings is 1. The molecule has 1 saturated heterocycles. The topological polar surface area (TPSA) is 45.6 Å². The fourth-order valence-corrected chi connectivity index (χ4v) is 3.67. The number of hydrogen-bond donors (Lipinski definition) is 1. The number of nitrogens with zero attached hydrogens (tertiary/aromatic N) is 2. The summed E-state index contributed by atoms with van der Waals surface area (Å²) in [5.74, 6) is 1.33. The Morgan fingerprint density at radius 3 is 2.74 bits per heavy atom. The molecule has 2 aromatic rings. The van der Waals surface area contributed by atoms with Gasteiger partial charge >= 0.3 is 0 Å². The van der Waals surface area contributed by atoms with E-state index in [2.05, 4.69) is 15.3 Å². The van der Waals surface area contributed by atoms with E-state index in [-0.39, 0.29) is 6.10 Å². The number of piperidine rings is 1. The predicted octanol–water partition coefficient (Wildman–Crippen LogP) is 3.31. The van der Waals surface area contributed by atoms with Crippen molar-refractivity contribution >= 4 is 11.3 Å². The van der Waals surface area contributed by atoms with Crippen LogP contribution in [-0.4, -0.2) is 34.2 Å². The molecule has 0 bridgehead atoms. The van der Waals surface area contributed by atoms with Gasteiger partial charge in [0.05, 0.1) is 11.8 Å². The summed E-state index contributed by atoms with van der Waals surface area (Å²) in [6.07, 6.45) is 1.97. The summed E-state index contributed by atoms with van der Waals surface area (Å²) in [6, 6.07) is 9.84. The Morgan fingerprint density at radius 1 is 1.30 bits per heavy atom. The Kier molecular flexibility index (Phi) is 5.65. The van der Waals surface area contributed by atoms with Gasteiger partial charge in [0.15, 0.2) is 0 Å². The molecule has 1 atom stereocenters. The smallest absolute Gasteiger partial charge is 0.140 e. The third-order valence-electron chi connectivity index (χ3n) is 4.40. The summed E-state index contributed by atoms with van der Waals surface area (Å²) in [5.41, 5.74) is 1.12. The van der Waals surface area contributed by atoms with Gasteiger partial charge in [-0.05, 0) is 50.9 Å². The van der Waals surface area contributed by atoms with Gasteiger partial charge in [0.2, 0.25) is 0 Å². The maximum atomic E-state index is 9.67. The van der Waals surface area contributed by atoms with Crippen molar-refractivity contribution < 1.29 is 9.84 Å². The number of benzene rings is 1. The van der Waals surface area contributed by atoms with E-state index in [9.17, 15) is 5.11 Å². The Balaban J connectivity index is 1.46. The molecular formula is C18H24N2O2S. The van der Waals surface area contributed by atoms with Crippen molar-refractivity contribution in [2.45, 2.75) is 39.0 Å². The van der Waals surface area contributed by atoms with Crippen molar-refractivity contribution in [1.82, 2.24) is 9.88 Å². The van der Waals surface area contributed by atoms with E-state index >= 15 is 0 Å². The predicted molar refractivity (Wildman–Crippen MR) is 92.6 cm³/mol. The average molecular weight is 332 g/mol. The lowest BCUT2D eigenvalue weighted by Gasteiger charge is -2.32. The molecule has 3 rings (SSSR count). The van der Waals surface area contributed by atoms with Crippen LogP contribution in [0.2, 0.25) is 0 Å². The van der Waals surface area contributed by atoms with E-state index in [4.69, 9.17) is 4.74 Å². The van der Waals surface area contributed by atoms with Crippen molar-refractivity contribution in [3.05, 3.63) is 46.4 Å². The third-order valence-corrected chi connectivity index (χ3v) is 5.28. The van der Waals surface area contributed by atoms with Gasteiger partial charge in [-0.1, -0.05) is 18.2 Å². The summed E-state index contributed by atoms with van der Waals surface area (Å²) in [6.45, 7) is 5.42. The maximum absolute atomic E-state index is 9.67. The van der Waals surface area contributed by atoms with E-state index in [0.29, 0.717) is 12.5 Å². The summed E-state index contributed by atoms with van der Waals surface area (Å²) >= 11 is 1.66. The standard InChI is InChI=1S/C18H24N2O2S/c1-14(21)15-7-9-20(10-8-15)11-16-13-23-18(19-16)12-22-17-5-3-2-4-6-17/h2-6,13-15,21H,7-12H2,1H3. The lowest BCUT2D eigenvalue weighted by atomic mass is 9.92. The van der Waals surface area contributed by atoms with Crippen molar-refractivity contribution in [3.8, 4) is 5.75 Å². The molecular weight excluding hydrogens is 308 g/mol. The van der Waals surface area contributed by atoms with Crippen molar-refractivity contribution in [3.63, 3.8) is 0 Å². The Labute approximate surface area is 141 Å². The molecule has 0 aliphatic carbocycles. The minimum Gasteiger partial charge on any atom is -0.486 e. The average Bonchev–Trinajstić information content (AvgIpc) is 3.02. The highest BCUT2D eigenvalue weighted by Gasteiger charge is 2.22. The highest BCUT2D eigenvalue weighted by Crippen LogP contribution is 2.22. The molecule has 1 aromatic carbocycles. The molecule has 1 aliphatic heterocycles. The number of rotatable bonds is 6. The number of likely N-dealkylation sites (tertiary alicyclic amines) is 1. The molecule has 4 nitrogen and oxygen atoms in total. The number of aliphatic hydroxyl groups is 1. The van der Waals surface area contributed by atoms with Crippen LogP contribution in [0.1, 0.15) is 30.5 Å². The molecule has 2 heterocycles. The first-order valence-corrected chi connectivity index (χ1v) is 9.10. The van der Waals surface area contributed by atoms with Crippen LogP contribution < -0.4 is 4.74 Å². The Morgan fingerprint density at radius 2 is 2.04 bits per heavy atom. The third kappa shape index (κ3) is 4.77. The van der Waals surface area contributed by atoms with E-state index in [1.165, 1.54) is 0 Å². The Hall–Kier alpha value is -1.43. The molecule has 0 saturated carbocycles. The number of aromatic nitrogens is 1. The molecule has 5 heteroatoms. The van der Waals surface area contributed by atoms with E-state index < -0.39 is 0 Å². The van der Waals surface area contributed by atoms with Gasteiger partial charge in [-0.2, -0.15) is 0 Å². The quantitative estimate of drug-likeness (QED) is 0.881. The number of ether oxygens (including phenoxy) is 1. The monoisotopic (exact) mass is 332 g/mol. The second kappa shape index (κ2) is 7.90. The normalized spacial score (nSPS) is 18.0. The van der Waals surface area contributed by atoms with Gasteiger partial charge in [-0.3, -0.25) is 4.90 Å². The maximum Gasteiger partial charge on any atom is 0.140 e. The van der Waals surface area contributed by atoms with Crippen LogP contribution >= 0.6 is 11.3 Å². The number of hydrogen-bond acceptors (Lipinski definition) is 5. The summed E-state index contributed by atoms with van der Waals surface area (Å²) in [5, 5.41) is 12.8. The van der Waals surface area contributed by atoms with Crippen LogP contribution in [0.25, 0.3) is 0 Å². The molecule has 0 spiro atoms. The van der Waals surface area contributed by atoms with E-state index in [1.54, 1.807) is 11.3 Å². The largest absolute Gasteiger partial charge is 0.486 e. The van der Waals surface area contributed by atoms with Crippen LogP contribution in [0.4, 0.5) is 0 Å². The van der Waals surface area contributed by atoms with Crippen LogP contribution in [0.5, 0.6) is 5.75 Å². The van der Waals surface area contributed by atoms with Crippen LogP contribution in [0, 0.1) is 5.92 Å². The van der Waals surface area contributed by atoms with Gasteiger partial charge in [0.25, 0.3) is 0 Å². The van der Waals surface area contributed by atoms with Crippen molar-refractivity contribution in [2.24, 2.45) is 5.92 Å². The molecule has 1 N–H and O–H groups in total. The molecule has 1 fully saturated rings. The molecule has 1 aliphatic rings. The highest BCUT2D eigenvalue weighted by atomic mass is 32.1. The molecule has 1 unspecified atom stereocenters. The zero-order valence-corrected chi connectivity index (χ0v) is 14.3. The van der Waals surface area contributed by atoms with Gasteiger partial charge < -0.3 is 9.84 Å². The summed E-state index contributed by atoms with van der Waals surface area (Å²) < 4.78 is 5.74. The lowest BCUT2D eigenvalue weighted by Crippen LogP contribution is -2.36. The Bertz CT molecular complexity index is 592. The zero-order chi connectivity index (χ0) is 16.1. The second-order valence-corrected chi connectivity index (χ2v) is 7.13. The fourth-order valence-electron chi connectivity index (χ4n) is 2.97. The van der Waals surface area contributed by atoms with Gasteiger partial charge in [-0.15, -0.1) is 11.3 Å². The second-order valence-electron chi connectivity index (χ2n) is 6.19. The van der Waals surface area contributed by atoms with Crippen LogP contribution in [0.15, 0.2) is 35.7 Å². The number of aliphatic hydroxyl groups excluding tert-OH is 1. The zero-order valence-electron chi connectivity index (χ0n) is 13.5. The first-order valence-electron chi connectivity index (χ1n) is 8.22. The van der Waals surface area contributed by atoms with E-state index in [1.807, 2.05) is 37.3 Å². The lowest BCUT2D eigenvalue weighted by molar-refractivity contribution is 0.0692. The minimum absolute atomic E-state index is 0.182.